The zero-order valence-corrected chi connectivity index (χ0v) is 13.7. The van der Waals surface area contributed by atoms with Gasteiger partial charge in [-0.3, -0.25) is 9.59 Å². The molecular weight excluding hydrogens is 298 g/mol. The van der Waals surface area contributed by atoms with E-state index in [2.05, 4.69) is 12.2 Å². The first kappa shape index (κ1) is 16.8. The number of carbonyl (C=O) groups excluding carboxylic acids is 2. The standard InChI is InChI=1S/C16H23N3O2S/c1-2-3-6-12(9-17)18-15(20)10-19-13-7-4-5-8-14(13)22-11-16(19)21/h4-5,7-8,12H,2-3,6,9-11,17H2,1H3,(H,18,20). The molecule has 0 saturated heterocycles. The van der Waals surface area contributed by atoms with Crippen molar-refractivity contribution in [2.75, 3.05) is 23.7 Å². The molecule has 5 nitrogen and oxygen atoms in total. The Balaban J connectivity index is 2.00. The van der Waals surface area contributed by atoms with Crippen LogP contribution in [0.1, 0.15) is 26.2 Å². The fraction of sp³-hybridized carbons (Fsp3) is 0.500. The topological polar surface area (TPSA) is 75.4 Å². The van der Waals surface area contributed by atoms with Crippen molar-refractivity contribution in [3.63, 3.8) is 0 Å². The summed E-state index contributed by atoms with van der Waals surface area (Å²) in [6.07, 6.45) is 2.98. The largest absolute Gasteiger partial charge is 0.351 e. The van der Waals surface area contributed by atoms with Gasteiger partial charge in [0.2, 0.25) is 11.8 Å². The summed E-state index contributed by atoms with van der Waals surface area (Å²) in [7, 11) is 0. The molecule has 0 aromatic heterocycles. The van der Waals surface area contributed by atoms with Crippen molar-refractivity contribution >= 4 is 29.3 Å². The fourth-order valence-electron chi connectivity index (χ4n) is 2.44. The number of nitrogens with zero attached hydrogens (tertiary/aromatic N) is 1. The molecule has 1 aromatic carbocycles. The average Bonchev–Trinajstić information content (AvgIpc) is 2.54. The maximum atomic E-state index is 12.2. The molecule has 1 heterocycles. The van der Waals surface area contributed by atoms with Crippen LogP contribution >= 0.6 is 11.8 Å². The molecule has 1 unspecified atom stereocenters. The van der Waals surface area contributed by atoms with Gasteiger partial charge in [-0.2, -0.15) is 0 Å². The molecule has 0 spiro atoms. The first-order chi connectivity index (χ1) is 10.7. The highest BCUT2D eigenvalue weighted by Crippen LogP contribution is 2.34. The number of thioether (sulfide) groups is 1. The van der Waals surface area contributed by atoms with Gasteiger partial charge in [-0.1, -0.05) is 31.9 Å². The molecule has 1 aliphatic rings. The van der Waals surface area contributed by atoms with E-state index in [0.717, 1.165) is 29.8 Å². The van der Waals surface area contributed by atoms with Crippen LogP contribution in [0, 0.1) is 0 Å². The van der Waals surface area contributed by atoms with E-state index in [4.69, 9.17) is 5.73 Å². The number of hydrogen-bond donors (Lipinski definition) is 2. The molecule has 120 valence electrons. The molecule has 2 amide bonds. The van der Waals surface area contributed by atoms with Crippen molar-refractivity contribution in [1.29, 1.82) is 0 Å². The highest BCUT2D eigenvalue weighted by atomic mass is 32.2. The van der Waals surface area contributed by atoms with E-state index in [9.17, 15) is 9.59 Å². The number of carbonyl (C=O) groups is 2. The van der Waals surface area contributed by atoms with Crippen LogP contribution in [0.15, 0.2) is 29.2 Å². The van der Waals surface area contributed by atoms with Gasteiger partial charge in [0.05, 0.1) is 11.4 Å². The molecule has 0 aliphatic carbocycles. The Morgan fingerprint density at radius 2 is 2.23 bits per heavy atom. The van der Waals surface area contributed by atoms with Gasteiger partial charge >= 0.3 is 0 Å². The predicted octanol–water partition coefficient (Wildman–Crippen LogP) is 1.76. The molecule has 6 heteroatoms. The summed E-state index contributed by atoms with van der Waals surface area (Å²) in [5.41, 5.74) is 6.52. The van der Waals surface area contributed by atoms with Crippen molar-refractivity contribution in [3.8, 4) is 0 Å². The SMILES string of the molecule is CCCCC(CN)NC(=O)CN1C(=O)CSc2ccccc21. The third kappa shape index (κ3) is 4.24. The van der Waals surface area contributed by atoms with Crippen LogP contribution in [0.25, 0.3) is 0 Å². The second-order valence-electron chi connectivity index (χ2n) is 5.38. The van der Waals surface area contributed by atoms with Gasteiger partial charge in [0.15, 0.2) is 0 Å². The second kappa shape index (κ2) is 8.19. The van der Waals surface area contributed by atoms with Gasteiger partial charge in [0.25, 0.3) is 0 Å². The van der Waals surface area contributed by atoms with Gasteiger partial charge in [0, 0.05) is 17.5 Å². The lowest BCUT2D eigenvalue weighted by Crippen LogP contribution is -2.47. The zero-order chi connectivity index (χ0) is 15.9. The van der Waals surface area contributed by atoms with E-state index < -0.39 is 0 Å². The van der Waals surface area contributed by atoms with E-state index in [-0.39, 0.29) is 24.4 Å². The number of nitrogens with one attached hydrogen (secondary N) is 1. The predicted molar refractivity (Wildman–Crippen MR) is 90.0 cm³/mol. The number of hydrogen-bond acceptors (Lipinski definition) is 4. The van der Waals surface area contributed by atoms with Crippen LogP contribution in [0.5, 0.6) is 0 Å². The minimum atomic E-state index is -0.151. The number of unbranched alkanes of at least 4 members (excludes halogenated alkanes) is 1. The lowest BCUT2D eigenvalue weighted by Gasteiger charge is -2.29. The lowest BCUT2D eigenvalue weighted by molar-refractivity contribution is -0.123. The summed E-state index contributed by atoms with van der Waals surface area (Å²) in [4.78, 5) is 27.0. The summed E-state index contributed by atoms with van der Waals surface area (Å²) in [5.74, 6) is 0.193. The van der Waals surface area contributed by atoms with Gasteiger partial charge in [0.1, 0.15) is 6.54 Å². The Labute approximate surface area is 135 Å². The number of para-hydroxylation sites is 1. The Hall–Kier alpha value is -1.53. The van der Waals surface area contributed by atoms with Crippen LogP contribution in [0.4, 0.5) is 5.69 Å². The Bertz CT molecular complexity index is 536. The molecule has 1 aliphatic heterocycles. The molecular formula is C16H23N3O2S. The maximum Gasteiger partial charge on any atom is 0.240 e. The number of anilines is 1. The lowest BCUT2D eigenvalue weighted by atomic mass is 10.1. The van der Waals surface area contributed by atoms with E-state index in [0.29, 0.717) is 12.3 Å². The summed E-state index contributed by atoms with van der Waals surface area (Å²) >= 11 is 1.51. The molecule has 22 heavy (non-hydrogen) atoms. The van der Waals surface area contributed by atoms with Gasteiger partial charge in [-0.05, 0) is 18.6 Å². The molecule has 1 atom stereocenters. The number of benzene rings is 1. The van der Waals surface area contributed by atoms with Crippen LogP contribution in [0.3, 0.4) is 0 Å². The molecule has 0 radical (unpaired) electrons. The third-order valence-electron chi connectivity index (χ3n) is 3.67. The summed E-state index contributed by atoms with van der Waals surface area (Å²) in [6, 6.07) is 7.66. The van der Waals surface area contributed by atoms with Crippen molar-refractivity contribution in [2.24, 2.45) is 5.73 Å². The van der Waals surface area contributed by atoms with E-state index in [1.807, 2.05) is 24.3 Å². The quantitative estimate of drug-likeness (QED) is 0.802. The van der Waals surface area contributed by atoms with Crippen molar-refractivity contribution in [2.45, 2.75) is 37.1 Å². The Morgan fingerprint density at radius 1 is 1.45 bits per heavy atom. The van der Waals surface area contributed by atoms with Crippen LogP contribution < -0.4 is 16.0 Å². The maximum absolute atomic E-state index is 12.2. The number of nitrogens with two attached hydrogens (primary N) is 1. The van der Waals surface area contributed by atoms with Crippen molar-refractivity contribution in [1.82, 2.24) is 5.32 Å². The molecule has 0 saturated carbocycles. The minimum absolute atomic E-state index is 0.0167. The minimum Gasteiger partial charge on any atom is -0.351 e. The van der Waals surface area contributed by atoms with Crippen LogP contribution in [-0.2, 0) is 9.59 Å². The van der Waals surface area contributed by atoms with Crippen molar-refractivity contribution < 1.29 is 9.59 Å². The molecule has 0 bridgehead atoms. The molecule has 3 N–H and O–H groups in total. The monoisotopic (exact) mass is 321 g/mol. The molecule has 2 rings (SSSR count). The first-order valence-corrected chi connectivity index (χ1v) is 8.66. The van der Waals surface area contributed by atoms with Crippen molar-refractivity contribution in [3.05, 3.63) is 24.3 Å². The summed E-state index contributed by atoms with van der Waals surface area (Å²) in [6.45, 7) is 2.58. The number of amides is 2. The summed E-state index contributed by atoms with van der Waals surface area (Å²) < 4.78 is 0. The third-order valence-corrected chi connectivity index (χ3v) is 4.71. The fourth-order valence-corrected chi connectivity index (χ4v) is 3.38. The zero-order valence-electron chi connectivity index (χ0n) is 12.9. The number of fused-ring (bicyclic) bond motifs is 1. The van der Waals surface area contributed by atoms with Crippen LogP contribution in [0.2, 0.25) is 0 Å². The van der Waals surface area contributed by atoms with E-state index >= 15 is 0 Å². The molecule has 1 aromatic rings. The second-order valence-corrected chi connectivity index (χ2v) is 6.40. The van der Waals surface area contributed by atoms with E-state index in [1.165, 1.54) is 11.8 Å². The normalized spacial score (nSPS) is 15.4. The van der Waals surface area contributed by atoms with Gasteiger partial charge < -0.3 is 16.0 Å². The molecule has 0 fully saturated rings. The first-order valence-electron chi connectivity index (χ1n) is 7.67. The van der Waals surface area contributed by atoms with Gasteiger partial charge in [-0.15, -0.1) is 11.8 Å². The Kier molecular flexibility index (Phi) is 6.27. The van der Waals surface area contributed by atoms with Crippen LogP contribution in [-0.4, -0.2) is 36.7 Å². The Morgan fingerprint density at radius 3 is 2.95 bits per heavy atom. The highest BCUT2D eigenvalue weighted by molar-refractivity contribution is 8.00. The van der Waals surface area contributed by atoms with Gasteiger partial charge in [-0.25, -0.2) is 0 Å². The average molecular weight is 321 g/mol. The highest BCUT2D eigenvalue weighted by Gasteiger charge is 2.26. The smallest absolute Gasteiger partial charge is 0.240 e. The summed E-state index contributed by atoms with van der Waals surface area (Å²) in [5, 5.41) is 2.94. The number of rotatable bonds is 7. The van der Waals surface area contributed by atoms with E-state index in [1.54, 1.807) is 4.90 Å².